The number of ether oxygens (including phenoxy) is 9. The third-order valence-corrected chi connectivity index (χ3v) is 9.65. The summed E-state index contributed by atoms with van der Waals surface area (Å²) in [5, 5.41) is 21.4. The molecule has 8 rings (SSSR count). The SMILES string of the molecule is O=C(OC[C@@]12CO[C@@H](O[C@H]3[C@H](Oc4ccc(CCO)cc4)O[C@@H]4CO[C@@H](c5ccccc5)O[C@H]4[C@@H]3O)[C@@H]1O[C@H](c1ccccc1)O2)c1ccccc1. The molecule has 4 aliphatic heterocycles. The van der Waals surface area contributed by atoms with E-state index in [4.69, 9.17) is 42.6 Å². The van der Waals surface area contributed by atoms with Crippen LogP contribution in [0.4, 0.5) is 0 Å². The van der Waals surface area contributed by atoms with Crippen LogP contribution in [0.1, 0.15) is 39.6 Å². The number of hydrogen-bond donors (Lipinski definition) is 2. The van der Waals surface area contributed by atoms with Gasteiger partial charge in [0.25, 0.3) is 0 Å². The molecule has 0 aliphatic carbocycles. The van der Waals surface area contributed by atoms with Gasteiger partial charge in [-0.05, 0) is 36.2 Å². The van der Waals surface area contributed by atoms with Crippen LogP contribution in [0.15, 0.2) is 115 Å². The molecule has 4 heterocycles. The highest BCUT2D eigenvalue weighted by Gasteiger charge is 2.62. The summed E-state index contributed by atoms with van der Waals surface area (Å²) in [4.78, 5) is 13.0. The van der Waals surface area contributed by atoms with Gasteiger partial charge in [0.2, 0.25) is 6.29 Å². The first-order valence-electron chi connectivity index (χ1n) is 17.4. The van der Waals surface area contributed by atoms with Crippen molar-refractivity contribution < 1.29 is 57.6 Å². The Balaban J connectivity index is 1.05. The van der Waals surface area contributed by atoms with Crippen molar-refractivity contribution in [1.29, 1.82) is 0 Å². The molecule has 0 amide bonds. The predicted octanol–water partition coefficient (Wildman–Crippen LogP) is 4.25. The molecular weight excluding hydrogens is 672 g/mol. The first-order chi connectivity index (χ1) is 25.5. The fraction of sp³-hybridized carbons (Fsp3) is 0.375. The van der Waals surface area contributed by atoms with Gasteiger partial charge in [-0.3, -0.25) is 0 Å². The first-order valence-corrected chi connectivity index (χ1v) is 17.4. The van der Waals surface area contributed by atoms with Crippen LogP contribution in [0.2, 0.25) is 0 Å². The van der Waals surface area contributed by atoms with E-state index in [-0.39, 0.29) is 26.4 Å². The van der Waals surface area contributed by atoms with E-state index in [1.54, 1.807) is 36.4 Å². The van der Waals surface area contributed by atoms with Crippen LogP contribution < -0.4 is 4.74 Å². The minimum Gasteiger partial charge on any atom is -0.462 e. The van der Waals surface area contributed by atoms with Gasteiger partial charge in [-0.15, -0.1) is 0 Å². The Morgan fingerprint density at radius 1 is 0.769 bits per heavy atom. The van der Waals surface area contributed by atoms with E-state index in [1.807, 2.05) is 78.9 Å². The average molecular weight is 713 g/mol. The molecule has 0 spiro atoms. The molecule has 0 bridgehead atoms. The molecular formula is C40H40O12. The molecule has 4 fully saturated rings. The topological polar surface area (TPSA) is 141 Å². The predicted molar refractivity (Wildman–Crippen MR) is 182 cm³/mol. The lowest BCUT2D eigenvalue weighted by Gasteiger charge is -2.47. The maximum absolute atomic E-state index is 13.0. The molecule has 12 nitrogen and oxygen atoms in total. The van der Waals surface area contributed by atoms with Crippen molar-refractivity contribution in [2.75, 3.05) is 26.4 Å². The largest absolute Gasteiger partial charge is 0.462 e. The molecule has 52 heavy (non-hydrogen) atoms. The third kappa shape index (κ3) is 7.22. The Bertz CT molecular complexity index is 1760. The zero-order valence-corrected chi connectivity index (χ0v) is 28.2. The lowest BCUT2D eigenvalue weighted by Crippen LogP contribution is -2.64. The summed E-state index contributed by atoms with van der Waals surface area (Å²) in [5.74, 6) is -0.0556. The molecule has 10 atom stereocenters. The summed E-state index contributed by atoms with van der Waals surface area (Å²) < 4.78 is 56.6. The Labute approximate surface area is 300 Å². The van der Waals surface area contributed by atoms with Crippen LogP contribution >= 0.6 is 0 Å². The van der Waals surface area contributed by atoms with Gasteiger partial charge in [-0.25, -0.2) is 4.79 Å². The molecule has 4 aliphatic rings. The van der Waals surface area contributed by atoms with Crippen LogP contribution in [0.5, 0.6) is 5.75 Å². The lowest BCUT2D eigenvalue weighted by atomic mass is 9.97. The molecule has 4 aromatic carbocycles. The second-order valence-electron chi connectivity index (χ2n) is 13.1. The Morgan fingerprint density at radius 2 is 1.44 bits per heavy atom. The van der Waals surface area contributed by atoms with Crippen LogP contribution in [-0.4, -0.2) is 91.3 Å². The highest BCUT2D eigenvalue weighted by atomic mass is 16.8. The first kappa shape index (κ1) is 34.9. The number of aliphatic hydroxyl groups is 2. The van der Waals surface area contributed by atoms with Crippen molar-refractivity contribution in [1.82, 2.24) is 0 Å². The molecule has 0 saturated carbocycles. The van der Waals surface area contributed by atoms with Crippen molar-refractivity contribution in [2.45, 2.75) is 67.7 Å². The quantitative estimate of drug-likeness (QED) is 0.215. The van der Waals surface area contributed by atoms with E-state index in [2.05, 4.69) is 0 Å². The van der Waals surface area contributed by atoms with Gasteiger partial charge < -0.3 is 52.8 Å². The van der Waals surface area contributed by atoms with E-state index >= 15 is 0 Å². The standard InChI is InChI=1S/C40H40O12/c41-21-20-25-16-18-29(19-17-25)47-38-33(31(42)32-30(48-38)22-44-36(49-32)27-12-6-2-7-13-27)50-39-34-40(24-46-39,23-45-35(43)26-10-4-1-5-11-26)52-37(51-34)28-14-8-3-9-15-28/h1-19,30-34,36-39,41-42H,20-24H2/t30-,31+,32-,33-,34+,36-,37+,38-,39+,40-/m1/s1. The van der Waals surface area contributed by atoms with Gasteiger partial charge in [0.1, 0.15) is 36.8 Å². The maximum Gasteiger partial charge on any atom is 0.338 e. The highest BCUT2D eigenvalue weighted by molar-refractivity contribution is 5.89. The zero-order chi connectivity index (χ0) is 35.5. The van der Waals surface area contributed by atoms with Crippen LogP contribution in [0.3, 0.4) is 0 Å². The molecule has 2 N–H and O–H groups in total. The van der Waals surface area contributed by atoms with Gasteiger partial charge in [0.05, 0.1) is 18.8 Å². The molecule has 4 saturated heterocycles. The van der Waals surface area contributed by atoms with E-state index < -0.39 is 67.3 Å². The number of rotatable bonds is 11. The van der Waals surface area contributed by atoms with Gasteiger partial charge in [-0.1, -0.05) is 91.0 Å². The Kier molecular flexibility index (Phi) is 10.3. The van der Waals surface area contributed by atoms with Crippen molar-refractivity contribution in [3.05, 3.63) is 138 Å². The highest BCUT2D eigenvalue weighted by Crippen LogP contribution is 2.46. The normalized spacial score (nSPS) is 32.5. The number of carbonyl (C=O) groups excluding carboxylic acids is 1. The van der Waals surface area contributed by atoms with Crippen LogP contribution in [0, 0.1) is 0 Å². The number of hydrogen-bond acceptors (Lipinski definition) is 12. The molecule has 272 valence electrons. The fourth-order valence-electron chi connectivity index (χ4n) is 6.91. The van der Waals surface area contributed by atoms with Gasteiger partial charge in [-0.2, -0.15) is 0 Å². The summed E-state index contributed by atoms with van der Waals surface area (Å²) in [6.07, 6.45) is -8.04. The van der Waals surface area contributed by atoms with Crippen molar-refractivity contribution >= 4 is 5.97 Å². The van der Waals surface area contributed by atoms with Crippen LogP contribution in [0.25, 0.3) is 0 Å². The number of aliphatic hydroxyl groups excluding tert-OH is 2. The number of fused-ring (bicyclic) bond motifs is 2. The number of benzene rings is 4. The third-order valence-electron chi connectivity index (χ3n) is 9.65. The summed E-state index contributed by atoms with van der Waals surface area (Å²) >= 11 is 0. The number of esters is 1. The minimum atomic E-state index is -1.26. The minimum absolute atomic E-state index is 0.0213. The number of carbonyl (C=O) groups is 1. The molecule has 0 unspecified atom stereocenters. The fourth-order valence-corrected chi connectivity index (χ4v) is 6.91. The molecule has 0 aromatic heterocycles. The van der Waals surface area contributed by atoms with Crippen molar-refractivity contribution in [3.8, 4) is 5.75 Å². The van der Waals surface area contributed by atoms with E-state index in [9.17, 15) is 15.0 Å². The summed E-state index contributed by atoms with van der Waals surface area (Å²) in [6, 6.07) is 34.8. The van der Waals surface area contributed by atoms with E-state index in [0.717, 1.165) is 16.7 Å². The second kappa shape index (κ2) is 15.4. The van der Waals surface area contributed by atoms with Crippen LogP contribution in [-0.2, 0) is 44.3 Å². The summed E-state index contributed by atoms with van der Waals surface area (Å²) in [5.41, 5.74) is 1.66. The second-order valence-corrected chi connectivity index (χ2v) is 13.1. The molecule has 12 heteroatoms. The van der Waals surface area contributed by atoms with E-state index in [1.165, 1.54) is 0 Å². The Hall–Kier alpha value is -4.21. The Morgan fingerprint density at radius 3 is 2.13 bits per heavy atom. The maximum atomic E-state index is 13.0. The zero-order valence-electron chi connectivity index (χ0n) is 28.2. The monoisotopic (exact) mass is 712 g/mol. The van der Waals surface area contributed by atoms with Gasteiger partial charge >= 0.3 is 5.97 Å². The van der Waals surface area contributed by atoms with Crippen molar-refractivity contribution in [2.24, 2.45) is 0 Å². The van der Waals surface area contributed by atoms with Crippen molar-refractivity contribution in [3.63, 3.8) is 0 Å². The lowest BCUT2D eigenvalue weighted by molar-refractivity contribution is -0.368. The average Bonchev–Trinajstić information content (AvgIpc) is 3.73. The molecule has 0 radical (unpaired) electrons. The van der Waals surface area contributed by atoms with Gasteiger partial charge in [0, 0.05) is 17.7 Å². The summed E-state index contributed by atoms with van der Waals surface area (Å²) in [7, 11) is 0. The molecule has 4 aromatic rings. The smallest absolute Gasteiger partial charge is 0.338 e. The van der Waals surface area contributed by atoms with E-state index in [0.29, 0.717) is 17.7 Å². The summed E-state index contributed by atoms with van der Waals surface area (Å²) in [6.45, 7) is -0.0466. The van der Waals surface area contributed by atoms with Gasteiger partial charge in [0.15, 0.2) is 30.6 Å².